The Morgan fingerprint density at radius 1 is 1.50 bits per heavy atom. The van der Waals surface area contributed by atoms with Crippen LogP contribution in [0.15, 0.2) is 17.8 Å². The molecule has 6 heteroatoms. The summed E-state index contributed by atoms with van der Waals surface area (Å²) in [6.07, 6.45) is 2.11. The molecule has 1 saturated heterocycles. The van der Waals surface area contributed by atoms with Crippen LogP contribution in [0.5, 0.6) is 0 Å². The zero-order chi connectivity index (χ0) is 12.5. The molecular formula is C12H14N4OS. The van der Waals surface area contributed by atoms with Crippen LogP contribution in [0.3, 0.4) is 0 Å². The van der Waals surface area contributed by atoms with Crippen molar-refractivity contribution in [3.63, 3.8) is 0 Å². The fourth-order valence-electron chi connectivity index (χ4n) is 2.31. The number of nitrogens with one attached hydrogen (secondary N) is 1. The number of hydrogen-bond donors (Lipinski definition) is 1. The van der Waals surface area contributed by atoms with Gasteiger partial charge in [0.15, 0.2) is 0 Å². The molecule has 2 aromatic rings. The quantitative estimate of drug-likeness (QED) is 0.844. The Morgan fingerprint density at radius 2 is 2.39 bits per heavy atom. The van der Waals surface area contributed by atoms with Crippen molar-refractivity contribution in [2.24, 2.45) is 0 Å². The second kappa shape index (κ2) is 4.53. The largest absolute Gasteiger partial charge is 0.354 e. The molecule has 1 atom stereocenters. The van der Waals surface area contributed by atoms with E-state index in [0.29, 0.717) is 13.0 Å². The van der Waals surface area contributed by atoms with E-state index in [1.54, 1.807) is 17.7 Å². The van der Waals surface area contributed by atoms with E-state index < -0.39 is 0 Å². The molecule has 0 radical (unpaired) electrons. The first kappa shape index (κ1) is 11.4. The fourth-order valence-corrected chi connectivity index (χ4v) is 3.03. The van der Waals surface area contributed by atoms with Crippen LogP contribution in [0.4, 0.5) is 5.82 Å². The number of hydrogen-bond acceptors (Lipinski definition) is 5. The minimum Gasteiger partial charge on any atom is -0.354 e. The second-order valence-electron chi connectivity index (χ2n) is 4.43. The third kappa shape index (κ3) is 1.92. The normalized spacial score (nSPS) is 20.8. The van der Waals surface area contributed by atoms with Crippen molar-refractivity contribution >= 4 is 33.3 Å². The lowest BCUT2D eigenvalue weighted by atomic mass is 10.2. The van der Waals surface area contributed by atoms with Gasteiger partial charge < -0.3 is 10.2 Å². The Hall–Kier alpha value is -1.69. The number of fused-ring (bicyclic) bond motifs is 1. The predicted molar refractivity (Wildman–Crippen MR) is 71.8 cm³/mol. The van der Waals surface area contributed by atoms with E-state index in [9.17, 15) is 4.79 Å². The highest BCUT2D eigenvalue weighted by Gasteiger charge is 2.23. The van der Waals surface area contributed by atoms with Crippen LogP contribution in [-0.2, 0) is 4.79 Å². The molecule has 1 aliphatic rings. The molecular weight excluding hydrogens is 248 g/mol. The summed E-state index contributed by atoms with van der Waals surface area (Å²) < 4.78 is 0. The van der Waals surface area contributed by atoms with Crippen molar-refractivity contribution < 1.29 is 4.79 Å². The zero-order valence-corrected chi connectivity index (χ0v) is 10.9. The number of amides is 1. The number of rotatable bonds is 1. The monoisotopic (exact) mass is 262 g/mol. The van der Waals surface area contributed by atoms with Gasteiger partial charge in [0.2, 0.25) is 5.91 Å². The van der Waals surface area contributed by atoms with Crippen LogP contribution >= 0.6 is 11.3 Å². The lowest BCUT2D eigenvalue weighted by molar-refractivity contribution is -0.120. The molecule has 3 rings (SSSR count). The van der Waals surface area contributed by atoms with Gasteiger partial charge in [0.1, 0.15) is 17.0 Å². The van der Waals surface area contributed by atoms with Gasteiger partial charge in [-0.3, -0.25) is 4.79 Å². The summed E-state index contributed by atoms with van der Waals surface area (Å²) in [7, 11) is 0. The maximum Gasteiger partial charge on any atom is 0.222 e. The molecule has 1 aliphatic heterocycles. The topological polar surface area (TPSA) is 58.1 Å². The van der Waals surface area contributed by atoms with Gasteiger partial charge in [0.05, 0.1) is 5.39 Å². The van der Waals surface area contributed by atoms with Crippen LogP contribution in [0.1, 0.15) is 13.3 Å². The minimum atomic E-state index is 0.112. The zero-order valence-electron chi connectivity index (χ0n) is 10.1. The highest BCUT2D eigenvalue weighted by molar-refractivity contribution is 7.16. The molecule has 0 saturated carbocycles. The van der Waals surface area contributed by atoms with Crippen molar-refractivity contribution in [3.8, 4) is 0 Å². The van der Waals surface area contributed by atoms with E-state index >= 15 is 0 Å². The predicted octanol–water partition coefficient (Wildman–Crippen LogP) is 1.41. The van der Waals surface area contributed by atoms with Crippen molar-refractivity contribution in [3.05, 3.63) is 17.8 Å². The van der Waals surface area contributed by atoms with E-state index in [0.717, 1.165) is 22.6 Å². The molecule has 0 unspecified atom stereocenters. The third-order valence-electron chi connectivity index (χ3n) is 3.20. The van der Waals surface area contributed by atoms with Crippen LogP contribution in [0, 0.1) is 0 Å². The SMILES string of the molecule is C[C@H]1CC(=O)NCCN1c1ncnc2sccc12. The van der Waals surface area contributed by atoms with Crippen molar-refractivity contribution in [1.82, 2.24) is 15.3 Å². The number of aromatic nitrogens is 2. The molecule has 5 nitrogen and oxygen atoms in total. The van der Waals surface area contributed by atoms with E-state index in [2.05, 4.69) is 27.1 Å². The molecule has 1 fully saturated rings. The van der Waals surface area contributed by atoms with E-state index in [1.165, 1.54) is 0 Å². The molecule has 2 aromatic heterocycles. The summed E-state index contributed by atoms with van der Waals surface area (Å²) in [6, 6.07) is 2.20. The lowest BCUT2D eigenvalue weighted by Crippen LogP contribution is -2.35. The van der Waals surface area contributed by atoms with E-state index in [1.807, 2.05) is 11.4 Å². The lowest BCUT2D eigenvalue weighted by Gasteiger charge is -2.27. The van der Waals surface area contributed by atoms with Gasteiger partial charge in [-0.15, -0.1) is 11.3 Å². The highest BCUT2D eigenvalue weighted by Crippen LogP contribution is 2.28. The van der Waals surface area contributed by atoms with Gasteiger partial charge in [-0.2, -0.15) is 0 Å². The highest BCUT2D eigenvalue weighted by atomic mass is 32.1. The molecule has 0 aliphatic carbocycles. The van der Waals surface area contributed by atoms with Gasteiger partial charge in [0, 0.05) is 25.6 Å². The minimum absolute atomic E-state index is 0.112. The summed E-state index contributed by atoms with van der Waals surface area (Å²) in [5.41, 5.74) is 0. The van der Waals surface area contributed by atoms with Crippen LogP contribution in [0.2, 0.25) is 0 Å². The number of thiophene rings is 1. The second-order valence-corrected chi connectivity index (χ2v) is 5.33. The Balaban J connectivity index is 2.02. The van der Waals surface area contributed by atoms with E-state index in [-0.39, 0.29) is 11.9 Å². The Morgan fingerprint density at radius 3 is 3.28 bits per heavy atom. The maximum absolute atomic E-state index is 11.5. The van der Waals surface area contributed by atoms with Crippen molar-refractivity contribution in [2.75, 3.05) is 18.0 Å². The molecule has 0 spiro atoms. The van der Waals surface area contributed by atoms with E-state index in [4.69, 9.17) is 0 Å². The maximum atomic E-state index is 11.5. The number of nitrogens with zero attached hydrogens (tertiary/aromatic N) is 3. The summed E-state index contributed by atoms with van der Waals surface area (Å²) in [5, 5.41) is 5.99. The van der Waals surface area contributed by atoms with Crippen molar-refractivity contribution in [1.29, 1.82) is 0 Å². The van der Waals surface area contributed by atoms with Gasteiger partial charge in [-0.05, 0) is 18.4 Å². The average molecular weight is 262 g/mol. The molecule has 1 N–H and O–H groups in total. The van der Waals surface area contributed by atoms with Crippen LogP contribution in [0.25, 0.3) is 10.2 Å². The number of carbonyl (C=O) groups excluding carboxylic acids is 1. The Labute approximate surface area is 109 Å². The summed E-state index contributed by atoms with van der Waals surface area (Å²) in [6.45, 7) is 3.51. The fraction of sp³-hybridized carbons (Fsp3) is 0.417. The molecule has 18 heavy (non-hydrogen) atoms. The summed E-state index contributed by atoms with van der Waals surface area (Å²) in [5.74, 6) is 1.05. The summed E-state index contributed by atoms with van der Waals surface area (Å²) >= 11 is 1.61. The van der Waals surface area contributed by atoms with Gasteiger partial charge in [-0.25, -0.2) is 9.97 Å². The molecule has 3 heterocycles. The van der Waals surface area contributed by atoms with Gasteiger partial charge in [0.25, 0.3) is 0 Å². The van der Waals surface area contributed by atoms with Gasteiger partial charge in [-0.1, -0.05) is 0 Å². The molecule has 94 valence electrons. The summed E-state index contributed by atoms with van der Waals surface area (Å²) in [4.78, 5) is 23.4. The van der Waals surface area contributed by atoms with Crippen molar-refractivity contribution in [2.45, 2.75) is 19.4 Å². The van der Waals surface area contributed by atoms with Crippen LogP contribution < -0.4 is 10.2 Å². The Bertz CT molecular complexity index is 582. The number of anilines is 1. The Kier molecular flexibility index (Phi) is 2.87. The first-order valence-electron chi connectivity index (χ1n) is 5.97. The standard InChI is InChI=1S/C12H14N4OS/c1-8-6-10(17)13-3-4-16(8)11-9-2-5-18-12(9)15-7-14-11/h2,5,7-8H,3-4,6H2,1H3,(H,13,17)/t8-/m0/s1. The molecule has 1 amide bonds. The molecule has 0 bridgehead atoms. The van der Waals surface area contributed by atoms with Gasteiger partial charge >= 0.3 is 0 Å². The first-order valence-corrected chi connectivity index (χ1v) is 6.85. The number of carbonyl (C=O) groups is 1. The average Bonchev–Trinajstić information content (AvgIpc) is 2.76. The van der Waals surface area contributed by atoms with Crippen LogP contribution in [-0.4, -0.2) is 35.0 Å². The first-order chi connectivity index (χ1) is 8.75. The smallest absolute Gasteiger partial charge is 0.222 e. The molecule has 0 aromatic carbocycles. The third-order valence-corrected chi connectivity index (χ3v) is 4.02.